The summed E-state index contributed by atoms with van der Waals surface area (Å²) in [5, 5.41) is 3.81. The lowest BCUT2D eigenvalue weighted by Crippen LogP contribution is -2.60. The average molecular weight is 272 g/mol. The summed E-state index contributed by atoms with van der Waals surface area (Å²) < 4.78 is 0. The zero-order valence-electron chi connectivity index (χ0n) is 13.1. The molecule has 1 N–H and O–H groups in total. The van der Waals surface area contributed by atoms with E-state index in [1.807, 2.05) is 0 Å². The van der Waals surface area contributed by atoms with Crippen LogP contribution in [-0.4, -0.2) is 30.1 Å². The van der Waals surface area contributed by atoms with Crippen LogP contribution in [0.2, 0.25) is 0 Å². The van der Waals surface area contributed by atoms with Gasteiger partial charge in [0.15, 0.2) is 0 Å². The molecule has 0 bridgehead atoms. The van der Waals surface area contributed by atoms with Gasteiger partial charge in [-0.1, -0.05) is 51.1 Å². The van der Waals surface area contributed by atoms with Crippen LogP contribution in [0.15, 0.2) is 30.3 Å². The number of hydrogen-bond donors (Lipinski definition) is 1. The van der Waals surface area contributed by atoms with Crippen LogP contribution in [0.1, 0.15) is 39.2 Å². The molecule has 0 aromatic heterocycles. The Morgan fingerprint density at radius 1 is 1.15 bits per heavy atom. The normalized spacial score (nSPS) is 28.6. The van der Waals surface area contributed by atoms with Crippen LogP contribution in [0.25, 0.3) is 0 Å². The van der Waals surface area contributed by atoms with Gasteiger partial charge in [0.05, 0.1) is 0 Å². The third kappa shape index (κ3) is 3.24. The predicted molar refractivity (Wildman–Crippen MR) is 84.6 cm³/mol. The number of hydrogen-bond acceptors (Lipinski definition) is 2. The summed E-state index contributed by atoms with van der Waals surface area (Å²) in [6, 6.07) is 12.3. The Morgan fingerprint density at radius 3 is 2.45 bits per heavy atom. The summed E-state index contributed by atoms with van der Waals surface area (Å²) in [4.78, 5) is 2.72. The maximum Gasteiger partial charge on any atom is 0.0273 e. The highest BCUT2D eigenvalue weighted by atomic mass is 15.2. The topological polar surface area (TPSA) is 15.3 Å². The van der Waals surface area contributed by atoms with Crippen molar-refractivity contribution in [3.8, 4) is 0 Å². The number of nitrogens with one attached hydrogen (secondary N) is 1. The second-order valence-corrected chi connectivity index (χ2v) is 7.65. The molecule has 2 nitrogen and oxygen atoms in total. The van der Waals surface area contributed by atoms with Crippen LogP contribution in [-0.2, 0) is 6.54 Å². The van der Waals surface area contributed by atoms with Crippen molar-refractivity contribution in [1.29, 1.82) is 0 Å². The molecule has 1 aromatic rings. The highest BCUT2D eigenvalue weighted by Gasteiger charge is 2.40. The van der Waals surface area contributed by atoms with Gasteiger partial charge in [-0.15, -0.1) is 0 Å². The van der Waals surface area contributed by atoms with Crippen LogP contribution in [0, 0.1) is 11.3 Å². The van der Waals surface area contributed by atoms with Gasteiger partial charge in [-0.2, -0.15) is 0 Å². The van der Waals surface area contributed by atoms with Gasteiger partial charge in [0.1, 0.15) is 0 Å². The average Bonchev–Trinajstić information content (AvgIpc) is 3.23. The lowest BCUT2D eigenvalue weighted by atomic mass is 9.83. The van der Waals surface area contributed by atoms with Crippen molar-refractivity contribution >= 4 is 0 Å². The maximum absolute atomic E-state index is 3.81. The molecule has 1 aliphatic carbocycles. The molecular formula is C18H28N2. The molecule has 1 saturated heterocycles. The molecule has 3 rings (SSSR count). The molecule has 0 radical (unpaired) electrons. The van der Waals surface area contributed by atoms with Crippen molar-refractivity contribution in [3.63, 3.8) is 0 Å². The summed E-state index contributed by atoms with van der Waals surface area (Å²) in [5.74, 6) is 0.939. The molecule has 20 heavy (non-hydrogen) atoms. The first-order valence-corrected chi connectivity index (χ1v) is 8.05. The van der Waals surface area contributed by atoms with Gasteiger partial charge in [-0.3, -0.25) is 4.90 Å². The Morgan fingerprint density at radius 2 is 1.85 bits per heavy atom. The summed E-state index contributed by atoms with van der Waals surface area (Å²) in [5.41, 5.74) is 1.77. The molecule has 1 saturated carbocycles. The first kappa shape index (κ1) is 14.1. The Labute approximate surface area is 123 Å². The standard InChI is InChI=1S/C18H28N2/c1-18(2,3)17-11-19-16(15-9-10-15)13-20(17)12-14-7-5-4-6-8-14/h4-8,15-17,19H,9-13H2,1-3H3. The molecule has 2 fully saturated rings. The van der Waals surface area contributed by atoms with E-state index in [2.05, 4.69) is 61.3 Å². The van der Waals surface area contributed by atoms with Crippen molar-refractivity contribution < 1.29 is 0 Å². The molecule has 2 unspecified atom stereocenters. The van der Waals surface area contributed by atoms with E-state index < -0.39 is 0 Å². The van der Waals surface area contributed by atoms with Crippen LogP contribution in [0.5, 0.6) is 0 Å². The zero-order chi connectivity index (χ0) is 14.2. The summed E-state index contributed by atoms with van der Waals surface area (Å²) in [6.07, 6.45) is 2.86. The lowest BCUT2D eigenvalue weighted by Gasteiger charge is -2.46. The van der Waals surface area contributed by atoms with E-state index in [9.17, 15) is 0 Å². The van der Waals surface area contributed by atoms with Crippen molar-refractivity contribution in [2.45, 2.75) is 52.2 Å². The van der Waals surface area contributed by atoms with Crippen LogP contribution in [0.3, 0.4) is 0 Å². The predicted octanol–water partition coefficient (Wildman–Crippen LogP) is 3.29. The number of nitrogens with zero attached hydrogens (tertiary/aromatic N) is 1. The molecule has 1 heterocycles. The van der Waals surface area contributed by atoms with E-state index in [0.29, 0.717) is 11.5 Å². The molecule has 0 spiro atoms. The van der Waals surface area contributed by atoms with Gasteiger partial charge < -0.3 is 5.32 Å². The van der Waals surface area contributed by atoms with Gasteiger partial charge in [0, 0.05) is 31.7 Å². The minimum absolute atomic E-state index is 0.330. The highest BCUT2D eigenvalue weighted by Crippen LogP contribution is 2.36. The monoisotopic (exact) mass is 272 g/mol. The van der Waals surface area contributed by atoms with Gasteiger partial charge in [0.25, 0.3) is 0 Å². The third-order valence-electron chi connectivity index (χ3n) is 4.86. The van der Waals surface area contributed by atoms with Crippen molar-refractivity contribution in [3.05, 3.63) is 35.9 Å². The van der Waals surface area contributed by atoms with Gasteiger partial charge in [0.2, 0.25) is 0 Å². The maximum atomic E-state index is 3.81. The zero-order valence-corrected chi connectivity index (χ0v) is 13.1. The largest absolute Gasteiger partial charge is 0.311 e. The second-order valence-electron chi connectivity index (χ2n) is 7.65. The smallest absolute Gasteiger partial charge is 0.0273 e. The quantitative estimate of drug-likeness (QED) is 0.908. The summed E-state index contributed by atoms with van der Waals surface area (Å²) >= 11 is 0. The molecule has 2 atom stereocenters. The number of rotatable bonds is 3. The molecule has 1 aliphatic heterocycles. The van der Waals surface area contributed by atoms with E-state index in [1.165, 1.54) is 24.9 Å². The van der Waals surface area contributed by atoms with Crippen molar-refractivity contribution in [1.82, 2.24) is 10.2 Å². The molecule has 0 amide bonds. The van der Waals surface area contributed by atoms with Gasteiger partial charge in [-0.05, 0) is 29.7 Å². The van der Waals surface area contributed by atoms with E-state index in [1.54, 1.807) is 0 Å². The van der Waals surface area contributed by atoms with Crippen molar-refractivity contribution in [2.75, 3.05) is 13.1 Å². The Bertz CT molecular complexity index is 430. The minimum Gasteiger partial charge on any atom is -0.311 e. The first-order chi connectivity index (χ1) is 9.54. The summed E-state index contributed by atoms with van der Waals surface area (Å²) in [6.45, 7) is 10.5. The first-order valence-electron chi connectivity index (χ1n) is 8.05. The number of piperazine rings is 1. The Balaban J connectivity index is 1.73. The fourth-order valence-electron chi connectivity index (χ4n) is 3.50. The lowest BCUT2D eigenvalue weighted by molar-refractivity contribution is 0.0449. The molecule has 1 aromatic carbocycles. The number of benzene rings is 1. The van der Waals surface area contributed by atoms with E-state index in [-0.39, 0.29) is 0 Å². The molecule has 2 heteroatoms. The third-order valence-corrected chi connectivity index (χ3v) is 4.86. The van der Waals surface area contributed by atoms with Gasteiger partial charge >= 0.3 is 0 Å². The van der Waals surface area contributed by atoms with Crippen LogP contribution < -0.4 is 5.32 Å². The van der Waals surface area contributed by atoms with Crippen LogP contribution in [0.4, 0.5) is 0 Å². The molecule has 2 aliphatic rings. The highest BCUT2D eigenvalue weighted by molar-refractivity contribution is 5.15. The fraction of sp³-hybridized carbons (Fsp3) is 0.667. The SMILES string of the molecule is CC(C)(C)C1CNC(C2CC2)CN1Cc1ccccc1. The molecular weight excluding hydrogens is 244 g/mol. The van der Waals surface area contributed by atoms with E-state index >= 15 is 0 Å². The van der Waals surface area contributed by atoms with Gasteiger partial charge in [-0.25, -0.2) is 0 Å². The Hall–Kier alpha value is -0.860. The second kappa shape index (κ2) is 5.50. The van der Waals surface area contributed by atoms with Crippen molar-refractivity contribution in [2.24, 2.45) is 11.3 Å². The van der Waals surface area contributed by atoms with Crippen LogP contribution >= 0.6 is 0 Å². The van der Waals surface area contributed by atoms with E-state index in [0.717, 1.165) is 25.0 Å². The fourth-order valence-corrected chi connectivity index (χ4v) is 3.50. The van der Waals surface area contributed by atoms with E-state index in [4.69, 9.17) is 0 Å². The summed E-state index contributed by atoms with van der Waals surface area (Å²) in [7, 11) is 0. The minimum atomic E-state index is 0.330. The molecule has 110 valence electrons. The Kier molecular flexibility index (Phi) is 3.87.